The molecule has 0 saturated heterocycles. The second-order valence-electron chi connectivity index (χ2n) is 2.87. The predicted molar refractivity (Wildman–Crippen MR) is 58.7 cm³/mol. The third-order valence-electron chi connectivity index (χ3n) is 1.78. The zero-order valence-electron chi connectivity index (χ0n) is 8.73. The maximum absolute atomic E-state index is 11.0. The largest absolute Gasteiger partial charge is 0.482 e. The van der Waals surface area contributed by atoms with Crippen molar-refractivity contribution in [3.8, 4) is 5.75 Å². The lowest BCUT2D eigenvalue weighted by atomic mass is 10.2. The normalized spacial score (nSPS) is 9.40. The molecule has 3 heteroatoms. The Hall–Kier alpha value is -1.77. The van der Waals surface area contributed by atoms with Gasteiger partial charge in [0.05, 0.1) is 6.61 Å². The van der Waals surface area contributed by atoms with E-state index in [0.29, 0.717) is 12.4 Å². The molecule has 0 radical (unpaired) electrons. The topological polar surface area (TPSA) is 35.5 Å². The van der Waals surface area contributed by atoms with Gasteiger partial charge in [-0.15, -0.1) is 0 Å². The van der Waals surface area contributed by atoms with E-state index in [9.17, 15) is 4.79 Å². The molecule has 15 heavy (non-hydrogen) atoms. The average molecular weight is 206 g/mol. The zero-order chi connectivity index (χ0) is 11.1. The summed E-state index contributed by atoms with van der Waals surface area (Å²) in [6, 6.07) is 7.31. The van der Waals surface area contributed by atoms with Crippen molar-refractivity contribution in [3.63, 3.8) is 0 Å². The molecule has 1 aromatic rings. The van der Waals surface area contributed by atoms with Crippen LogP contribution in [-0.2, 0) is 9.53 Å². The molecule has 0 heterocycles. The lowest BCUT2D eigenvalue weighted by molar-refractivity contribution is -0.145. The van der Waals surface area contributed by atoms with Gasteiger partial charge in [0, 0.05) is 0 Å². The Morgan fingerprint density at radius 2 is 2.07 bits per heavy atom. The van der Waals surface area contributed by atoms with Gasteiger partial charge in [0.25, 0.3) is 0 Å². The highest BCUT2D eigenvalue weighted by atomic mass is 16.6. The predicted octanol–water partition coefficient (Wildman–Crippen LogP) is 2.27. The van der Waals surface area contributed by atoms with Gasteiger partial charge in [-0.05, 0) is 24.6 Å². The number of hydrogen-bond acceptors (Lipinski definition) is 3. The van der Waals surface area contributed by atoms with Gasteiger partial charge >= 0.3 is 5.97 Å². The molecule has 0 aliphatic rings. The molecule has 3 nitrogen and oxygen atoms in total. The van der Waals surface area contributed by atoms with Gasteiger partial charge in [-0.2, -0.15) is 0 Å². The summed E-state index contributed by atoms with van der Waals surface area (Å²) in [5.41, 5.74) is 1.01. The van der Waals surface area contributed by atoms with Crippen LogP contribution in [0.15, 0.2) is 30.8 Å². The summed E-state index contributed by atoms with van der Waals surface area (Å²) in [4.78, 5) is 11.0. The molecule has 80 valence electrons. The second kappa shape index (κ2) is 5.86. The molecule has 0 aliphatic carbocycles. The van der Waals surface area contributed by atoms with E-state index in [1.807, 2.05) is 12.1 Å². The summed E-state index contributed by atoms with van der Waals surface area (Å²) < 4.78 is 9.94. The molecule has 0 aromatic heterocycles. The van der Waals surface area contributed by atoms with Crippen LogP contribution in [0.25, 0.3) is 6.08 Å². The van der Waals surface area contributed by atoms with Gasteiger partial charge in [0.1, 0.15) is 5.75 Å². The molecule has 1 rings (SSSR count). The smallest absolute Gasteiger partial charge is 0.344 e. The Bertz CT molecular complexity index is 327. The van der Waals surface area contributed by atoms with Crippen molar-refractivity contribution >= 4 is 12.0 Å². The maximum Gasteiger partial charge on any atom is 0.344 e. The molecular weight excluding hydrogens is 192 g/mol. The van der Waals surface area contributed by atoms with Crippen LogP contribution in [0.4, 0.5) is 0 Å². The first-order valence-electron chi connectivity index (χ1n) is 4.77. The Kier molecular flexibility index (Phi) is 4.41. The summed E-state index contributed by atoms with van der Waals surface area (Å²) in [5, 5.41) is 0. The fourth-order valence-corrected chi connectivity index (χ4v) is 1.05. The first kappa shape index (κ1) is 11.3. The fourth-order valence-electron chi connectivity index (χ4n) is 1.05. The number of carbonyl (C=O) groups is 1. The Labute approximate surface area is 89.3 Å². The molecule has 0 spiro atoms. The Morgan fingerprint density at radius 1 is 1.40 bits per heavy atom. The number of esters is 1. The lowest BCUT2D eigenvalue weighted by Gasteiger charge is -2.05. The van der Waals surface area contributed by atoms with Crippen molar-refractivity contribution in [1.29, 1.82) is 0 Å². The van der Waals surface area contributed by atoms with E-state index in [1.165, 1.54) is 0 Å². The number of benzene rings is 1. The second-order valence-corrected chi connectivity index (χ2v) is 2.87. The number of hydrogen-bond donors (Lipinski definition) is 0. The molecule has 0 aliphatic heterocycles. The van der Waals surface area contributed by atoms with E-state index < -0.39 is 0 Å². The minimum Gasteiger partial charge on any atom is -0.482 e. The number of rotatable bonds is 5. The zero-order valence-corrected chi connectivity index (χ0v) is 8.73. The van der Waals surface area contributed by atoms with Crippen LogP contribution < -0.4 is 4.74 Å². The van der Waals surface area contributed by atoms with Crippen LogP contribution in [-0.4, -0.2) is 19.2 Å². The van der Waals surface area contributed by atoms with Gasteiger partial charge in [-0.1, -0.05) is 24.8 Å². The van der Waals surface area contributed by atoms with Crippen molar-refractivity contribution in [2.45, 2.75) is 6.92 Å². The quantitative estimate of drug-likeness (QED) is 0.693. The summed E-state index contributed by atoms with van der Waals surface area (Å²) in [6.45, 7) is 5.72. The van der Waals surface area contributed by atoms with Crippen molar-refractivity contribution in [3.05, 3.63) is 36.4 Å². The number of carbonyl (C=O) groups excluding carboxylic acids is 1. The van der Waals surface area contributed by atoms with Crippen molar-refractivity contribution in [2.75, 3.05) is 13.2 Å². The van der Waals surface area contributed by atoms with E-state index >= 15 is 0 Å². The van der Waals surface area contributed by atoms with Crippen LogP contribution in [0.1, 0.15) is 12.5 Å². The fraction of sp³-hybridized carbons (Fsp3) is 0.250. The molecule has 0 unspecified atom stereocenters. The van der Waals surface area contributed by atoms with Gasteiger partial charge in [0.15, 0.2) is 6.61 Å². The van der Waals surface area contributed by atoms with Crippen LogP contribution in [0.5, 0.6) is 5.75 Å². The monoisotopic (exact) mass is 206 g/mol. The minimum absolute atomic E-state index is 0.0543. The molecule has 0 atom stereocenters. The van der Waals surface area contributed by atoms with Crippen molar-refractivity contribution in [1.82, 2.24) is 0 Å². The molecule has 1 aromatic carbocycles. The van der Waals surface area contributed by atoms with Crippen LogP contribution in [0.3, 0.4) is 0 Å². The molecule has 0 amide bonds. The number of ether oxygens (including phenoxy) is 2. The summed E-state index contributed by atoms with van der Waals surface area (Å²) in [7, 11) is 0. The van der Waals surface area contributed by atoms with Crippen LogP contribution >= 0.6 is 0 Å². The van der Waals surface area contributed by atoms with Gasteiger partial charge < -0.3 is 9.47 Å². The van der Waals surface area contributed by atoms with E-state index in [4.69, 9.17) is 9.47 Å². The SMILES string of the molecule is C=Cc1ccc(OCC(=O)OCC)cc1. The highest BCUT2D eigenvalue weighted by Gasteiger charge is 2.02. The maximum atomic E-state index is 11.0. The van der Waals surface area contributed by atoms with E-state index in [2.05, 4.69) is 6.58 Å². The molecule has 0 fully saturated rings. The summed E-state index contributed by atoms with van der Waals surface area (Å²) in [5.74, 6) is 0.291. The summed E-state index contributed by atoms with van der Waals surface area (Å²) >= 11 is 0. The highest BCUT2D eigenvalue weighted by molar-refractivity contribution is 5.71. The first-order valence-corrected chi connectivity index (χ1v) is 4.77. The van der Waals surface area contributed by atoms with E-state index in [0.717, 1.165) is 5.56 Å². The molecule has 0 bridgehead atoms. The highest BCUT2D eigenvalue weighted by Crippen LogP contribution is 2.12. The lowest BCUT2D eigenvalue weighted by Crippen LogP contribution is -2.14. The first-order chi connectivity index (χ1) is 7.26. The van der Waals surface area contributed by atoms with E-state index in [-0.39, 0.29) is 12.6 Å². The Morgan fingerprint density at radius 3 is 2.60 bits per heavy atom. The molecule has 0 saturated carbocycles. The minimum atomic E-state index is -0.356. The molecular formula is C12H14O3. The third-order valence-corrected chi connectivity index (χ3v) is 1.78. The average Bonchev–Trinajstić information content (AvgIpc) is 2.27. The summed E-state index contributed by atoms with van der Waals surface area (Å²) in [6.07, 6.45) is 1.75. The Balaban J connectivity index is 2.44. The van der Waals surface area contributed by atoms with Crippen LogP contribution in [0.2, 0.25) is 0 Å². The molecule has 0 N–H and O–H groups in total. The van der Waals surface area contributed by atoms with Crippen LogP contribution in [0, 0.1) is 0 Å². The van der Waals surface area contributed by atoms with Crippen molar-refractivity contribution < 1.29 is 14.3 Å². The van der Waals surface area contributed by atoms with E-state index in [1.54, 1.807) is 25.1 Å². The van der Waals surface area contributed by atoms with Gasteiger partial charge in [-0.3, -0.25) is 0 Å². The van der Waals surface area contributed by atoms with Crippen molar-refractivity contribution in [2.24, 2.45) is 0 Å². The van der Waals surface area contributed by atoms with Gasteiger partial charge in [-0.25, -0.2) is 4.79 Å². The van der Waals surface area contributed by atoms with Gasteiger partial charge in [0.2, 0.25) is 0 Å². The standard InChI is InChI=1S/C12H14O3/c1-3-10-5-7-11(8-6-10)15-9-12(13)14-4-2/h3,5-8H,1,4,9H2,2H3. The third kappa shape index (κ3) is 3.85.